The third kappa shape index (κ3) is 2.61. The van der Waals surface area contributed by atoms with Crippen LogP contribution in [0.4, 0.5) is 0 Å². The van der Waals surface area contributed by atoms with Crippen LogP contribution in [0.25, 0.3) is 0 Å². The summed E-state index contributed by atoms with van der Waals surface area (Å²) in [5, 5.41) is 3.51. The Hall–Kier alpha value is -0.830. The third-order valence-electron chi connectivity index (χ3n) is 4.35. The van der Waals surface area contributed by atoms with E-state index in [1.807, 2.05) is 6.92 Å². The van der Waals surface area contributed by atoms with E-state index in [1.54, 1.807) is 0 Å². The molecule has 0 spiro atoms. The van der Waals surface area contributed by atoms with Crippen molar-refractivity contribution in [2.24, 2.45) is 0 Å². The Kier molecular flexibility index (Phi) is 3.81. The number of oxazole rings is 1. The molecule has 0 aromatic carbocycles. The second kappa shape index (κ2) is 5.04. The second-order valence-electron chi connectivity index (χ2n) is 6.28. The third-order valence-corrected chi connectivity index (χ3v) is 4.35. The van der Waals surface area contributed by atoms with Crippen LogP contribution < -0.4 is 5.32 Å². The van der Waals surface area contributed by atoms with Gasteiger partial charge in [0, 0.05) is 23.9 Å². The van der Waals surface area contributed by atoms with Gasteiger partial charge in [-0.15, -0.1) is 0 Å². The van der Waals surface area contributed by atoms with Gasteiger partial charge in [-0.05, 0) is 33.1 Å². The van der Waals surface area contributed by atoms with E-state index in [0.29, 0.717) is 12.0 Å². The Morgan fingerprint density at radius 2 is 2.11 bits per heavy atom. The number of aryl methyl sites for hydroxylation is 1. The van der Waals surface area contributed by atoms with E-state index in [2.05, 4.69) is 33.0 Å². The smallest absolute Gasteiger partial charge is 0.199 e. The van der Waals surface area contributed by atoms with Crippen LogP contribution in [0, 0.1) is 6.92 Å². The van der Waals surface area contributed by atoms with Crippen LogP contribution in [0.5, 0.6) is 0 Å². The highest BCUT2D eigenvalue weighted by molar-refractivity contribution is 5.19. The van der Waals surface area contributed by atoms with Crippen molar-refractivity contribution in [3.63, 3.8) is 0 Å². The molecule has 1 unspecified atom stereocenters. The molecule has 1 N–H and O–H groups in total. The largest absolute Gasteiger partial charge is 0.445 e. The van der Waals surface area contributed by atoms with Crippen LogP contribution in [0.3, 0.4) is 0 Å². The zero-order chi connectivity index (χ0) is 13.3. The summed E-state index contributed by atoms with van der Waals surface area (Å²) >= 11 is 0. The van der Waals surface area contributed by atoms with Gasteiger partial charge < -0.3 is 9.73 Å². The van der Waals surface area contributed by atoms with Crippen LogP contribution in [0.2, 0.25) is 0 Å². The van der Waals surface area contributed by atoms with Gasteiger partial charge >= 0.3 is 0 Å². The van der Waals surface area contributed by atoms with Gasteiger partial charge in [0.05, 0.1) is 5.69 Å². The maximum absolute atomic E-state index is 5.93. The zero-order valence-corrected chi connectivity index (χ0v) is 12.3. The highest BCUT2D eigenvalue weighted by Crippen LogP contribution is 2.32. The lowest BCUT2D eigenvalue weighted by atomic mass is 9.85. The summed E-state index contributed by atoms with van der Waals surface area (Å²) in [6, 6.07) is 0.629. The fourth-order valence-corrected chi connectivity index (χ4v) is 2.60. The first-order chi connectivity index (χ1) is 8.44. The topological polar surface area (TPSA) is 38.1 Å². The predicted molar refractivity (Wildman–Crippen MR) is 74.0 cm³/mol. The van der Waals surface area contributed by atoms with Gasteiger partial charge in [0.2, 0.25) is 0 Å². The molecule has 0 saturated carbocycles. The Labute approximate surface area is 110 Å². The van der Waals surface area contributed by atoms with Crippen LogP contribution in [0.1, 0.15) is 70.2 Å². The lowest BCUT2D eigenvalue weighted by Gasteiger charge is -2.25. The Bertz CT molecular complexity index is 401. The Morgan fingerprint density at radius 1 is 1.39 bits per heavy atom. The SMILES string of the molecule is CCC(C)(C)c1nc(C2CC[C@@H](C)NC2)oc1C. The molecule has 102 valence electrons. The number of piperidine rings is 1. The number of nitrogens with zero attached hydrogens (tertiary/aromatic N) is 1. The standard InChI is InChI=1S/C15H26N2O/c1-6-15(4,5)13-11(3)18-14(17-13)12-8-7-10(2)16-9-12/h10,12,16H,6-9H2,1-5H3/t10-,12?/m1/s1. The average Bonchev–Trinajstić information content (AvgIpc) is 2.73. The van der Waals surface area contributed by atoms with E-state index in [4.69, 9.17) is 9.40 Å². The summed E-state index contributed by atoms with van der Waals surface area (Å²) < 4.78 is 5.93. The minimum Gasteiger partial charge on any atom is -0.445 e. The first-order valence-electron chi connectivity index (χ1n) is 7.15. The van der Waals surface area contributed by atoms with Crippen molar-refractivity contribution in [2.75, 3.05) is 6.54 Å². The van der Waals surface area contributed by atoms with Crippen LogP contribution in [-0.2, 0) is 5.41 Å². The number of aromatic nitrogens is 1. The van der Waals surface area contributed by atoms with Crippen LogP contribution >= 0.6 is 0 Å². The van der Waals surface area contributed by atoms with E-state index in [9.17, 15) is 0 Å². The maximum Gasteiger partial charge on any atom is 0.199 e. The van der Waals surface area contributed by atoms with Crippen LogP contribution in [-0.4, -0.2) is 17.6 Å². The zero-order valence-electron chi connectivity index (χ0n) is 12.3. The Balaban J connectivity index is 2.19. The molecular weight excluding hydrogens is 224 g/mol. The molecular formula is C15H26N2O. The molecule has 1 aliphatic heterocycles. The molecule has 2 rings (SSSR count). The molecule has 1 aliphatic rings. The summed E-state index contributed by atoms with van der Waals surface area (Å²) in [4.78, 5) is 4.79. The summed E-state index contributed by atoms with van der Waals surface area (Å²) in [5.41, 5.74) is 1.25. The molecule has 1 saturated heterocycles. The summed E-state index contributed by atoms with van der Waals surface area (Å²) in [6.07, 6.45) is 3.47. The molecule has 1 aromatic heterocycles. The molecule has 0 amide bonds. The highest BCUT2D eigenvalue weighted by Gasteiger charge is 2.29. The minimum absolute atomic E-state index is 0.112. The molecule has 18 heavy (non-hydrogen) atoms. The molecule has 1 fully saturated rings. The average molecular weight is 250 g/mol. The molecule has 2 heterocycles. The van der Waals surface area contributed by atoms with Gasteiger partial charge in [-0.2, -0.15) is 0 Å². The van der Waals surface area contributed by atoms with Crippen molar-refractivity contribution in [1.29, 1.82) is 0 Å². The van der Waals surface area contributed by atoms with E-state index < -0.39 is 0 Å². The summed E-state index contributed by atoms with van der Waals surface area (Å²) in [6.45, 7) is 12.0. The number of hydrogen-bond donors (Lipinski definition) is 1. The molecule has 2 atom stereocenters. The van der Waals surface area contributed by atoms with Gasteiger partial charge in [-0.3, -0.25) is 0 Å². The highest BCUT2D eigenvalue weighted by atomic mass is 16.4. The van der Waals surface area contributed by atoms with E-state index >= 15 is 0 Å². The van der Waals surface area contributed by atoms with Gasteiger partial charge in [-0.25, -0.2) is 4.98 Å². The minimum atomic E-state index is 0.112. The van der Waals surface area contributed by atoms with Crippen molar-refractivity contribution >= 4 is 0 Å². The number of rotatable bonds is 3. The van der Waals surface area contributed by atoms with Crippen LogP contribution in [0.15, 0.2) is 4.42 Å². The van der Waals surface area contributed by atoms with Crippen molar-refractivity contribution in [1.82, 2.24) is 10.3 Å². The van der Waals surface area contributed by atoms with Gasteiger partial charge in [-0.1, -0.05) is 20.8 Å². The number of nitrogens with one attached hydrogen (secondary N) is 1. The first kappa shape index (κ1) is 13.6. The molecule has 3 nitrogen and oxygen atoms in total. The van der Waals surface area contributed by atoms with Crippen molar-refractivity contribution in [3.8, 4) is 0 Å². The summed E-state index contributed by atoms with van der Waals surface area (Å²) in [7, 11) is 0. The lowest BCUT2D eigenvalue weighted by molar-refractivity contribution is 0.331. The first-order valence-corrected chi connectivity index (χ1v) is 7.15. The van der Waals surface area contributed by atoms with E-state index in [1.165, 1.54) is 12.8 Å². The molecule has 0 radical (unpaired) electrons. The Morgan fingerprint density at radius 3 is 2.67 bits per heavy atom. The quantitative estimate of drug-likeness (QED) is 0.892. The van der Waals surface area contributed by atoms with E-state index in [0.717, 1.165) is 30.3 Å². The predicted octanol–water partition coefficient (Wildman–Crippen LogP) is 3.53. The molecule has 1 aromatic rings. The normalized spacial score (nSPS) is 25.4. The monoisotopic (exact) mass is 250 g/mol. The van der Waals surface area contributed by atoms with Gasteiger partial charge in [0.15, 0.2) is 5.89 Å². The molecule has 3 heteroatoms. The fraction of sp³-hybridized carbons (Fsp3) is 0.800. The number of hydrogen-bond acceptors (Lipinski definition) is 3. The summed E-state index contributed by atoms with van der Waals surface area (Å²) in [5.74, 6) is 2.38. The van der Waals surface area contributed by atoms with Crippen molar-refractivity contribution < 1.29 is 4.42 Å². The van der Waals surface area contributed by atoms with Gasteiger partial charge in [0.1, 0.15) is 5.76 Å². The lowest BCUT2D eigenvalue weighted by Crippen LogP contribution is -2.35. The second-order valence-corrected chi connectivity index (χ2v) is 6.28. The van der Waals surface area contributed by atoms with Crippen molar-refractivity contribution in [3.05, 3.63) is 17.3 Å². The molecule has 0 bridgehead atoms. The molecule has 0 aliphatic carbocycles. The fourth-order valence-electron chi connectivity index (χ4n) is 2.60. The van der Waals surface area contributed by atoms with E-state index in [-0.39, 0.29) is 5.41 Å². The van der Waals surface area contributed by atoms with Crippen molar-refractivity contribution in [2.45, 2.75) is 71.3 Å². The maximum atomic E-state index is 5.93. The van der Waals surface area contributed by atoms with Gasteiger partial charge in [0.25, 0.3) is 0 Å².